The molecule has 0 spiro atoms. The maximum absolute atomic E-state index is 13.4. The van der Waals surface area contributed by atoms with Crippen molar-refractivity contribution in [3.05, 3.63) is 97.1 Å². The Hall–Kier alpha value is -5.24. The summed E-state index contributed by atoms with van der Waals surface area (Å²) in [6.45, 7) is 9.39. The van der Waals surface area contributed by atoms with Crippen molar-refractivity contribution in [3.8, 4) is 0 Å². The number of para-hydroxylation sites is 4. The van der Waals surface area contributed by atoms with Crippen LogP contribution in [0.1, 0.15) is 47.0 Å². The first-order valence-electron chi connectivity index (χ1n) is 17.4. The predicted molar refractivity (Wildman–Crippen MR) is 203 cm³/mol. The second-order valence-electron chi connectivity index (χ2n) is 13.4. The molecular formula is C41H46N6O2. The van der Waals surface area contributed by atoms with E-state index in [-0.39, 0.29) is 23.7 Å². The molecule has 6 rings (SSSR count). The number of unbranched alkanes of at least 4 members (excludes halogenated alkanes) is 2. The molecule has 0 radical (unpaired) electrons. The van der Waals surface area contributed by atoms with E-state index in [1.165, 1.54) is 0 Å². The van der Waals surface area contributed by atoms with Crippen LogP contribution in [0.15, 0.2) is 97.1 Å². The van der Waals surface area contributed by atoms with Gasteiger partial charge in [0.05, 0.1) is 33.4 Å². The van der Waals surface area contributed by atoms with Gasteiger partial charge in [-0.2, -0.15) is 0 Å². The summed E-state index contributed by atoms with van der Waals surface area (Å²) < 4.78 is 0. The molecule has 0 aliphatic rings. The van der Waals surface area contributed by atoms with Crippen LogP contribution < -0.4 is 21.3 Å². The number of hydrogen-bond donors (Lipinski definition) is 4. The van der Waals surface area contributed by atoms with Crippen LogP contribution in [0.4, 0.5) is 11.4 Å². The lowest BCUT2D eigenvalue weighted by Crippen LogP contribution is -2.43. The van der Waals surface area contributed by atoms with E-state index in [1.807, 2.05) is 97.1 Å². The lowest BCUT2D eigenvalue weighted by Gasteiger charge is -2.25. The molecule has 0 saturated carbocycles. The Morgan fingerprint density at radius 2 is 0.796 bits per heavy atom. The molecule has 4 N–H and O–H groups in total. The van der Waals surface area contributed by atoms with Crippen LogP contribution in [-0.4, -0.2) is 47.0 Å². The van der Waals surface area contributed by atoms with Crippen LogP contribution in [0.2, 0.25) is 0 Å². The molecule has 0 saturated heterocycles. The van der Waals surface area contributed by atoms with Gasteiger partial charge in [-0.3, -0.25) is 9.59 Å². The maximum atomic E-state index is 13.4. The maximum Gasteiger partial charge on any atom is 0.242 e. The van der Waals surface area contributed by atoms with Crippen molar-refractivity contribution in [2.24, 2.45) is 11.8 Å². The van der Waals surface area contributed by atoms with Crippen molar-refractivity contribution in [2.75, 3.05) is 23.7 Å². The number of carbonyl (C=O) groups excluding carboxylic acids is 2. The lowest BCUT2D eigenvalue weighted by molar-refractivity contribution is -0.123. The summed E-state index contributed by atoms with van der Waals surface area (Å²) >= 11 is 0. The SMILES string of the molecule is CC(C)[C@H](Nc1c2ccccc2nc2ccccc12)C(=O)NCCCCCNC(=O)[C@@H](Nc1c2ccccc2nc2ccccc12)C(C)C. The Bertz CT molecular complexity index is 1840. The molecule has 8 nitrogen and oxygen atoms in total. The molecule has 4 aromatic carbocycles. The van der Waals surface area contributed by atoms with Gasteiger partial charge in [0.2, 0.25) is 11.8 Å². The number of hydrogen-bond acceptors (Lipinski definition) is 6. The van der Waals surface area contributed by atoms with Crippen LogP contribution >= 0.6 is 0 Å². The van der Waals surface area contributed by atoms with Gasteiger partial charge in [-0.05, 0) is 55.4 Å². The second kappa shape index (κ2) is 15.3. The third-order valence-electron chi connectivity index (χ3n) is 9.13. The van der Waals surface area contributed by atoms with Crippen LogP contribution in [0.3, 0.4) is 0 Å². The monoisotopic (exact) mass is 654 g/mol. The summed E-state index contributed by atoms with van der Waals surface area (Å²) in [6.07, 6.45) is 2.54. The highest BCUT2D eigenvalue weighted by atomic mass is 16.2. The van der Waals surface area contributed by atoms with Crippen LogP contribution in [-0.2, 0) is 9.59 Å². The first-order chi connectivity index (χ1) is 23.8. The third-order valence-corrected chi connectivity index (χ3v) is 9.13. The summed E-state index contributed by atoms with van der Waals surface area (Å²) in [7, 11) is 0. The molecule has 8 heteroatoms. The summed E-state index contributed by atoms with van der Waals surface area (Å²) in [5.74, 6) is 0.114. The fraction of sp³-hybridized carbons (Fsp3) is 0.317. The summed E-state index contributed by atoms with van der Waals surface area (Å²) in [5, 5.41) is 17.5. The van der Waals surface area contributed by atoms with Crippen molar-refractivity contribution in [2.45, 2.75) is 59.0 Å². The van der Waals surface area contributed by atoms with Gasteiger partial charge < -0.3 is 21.3 Å². The van der Waals surface area contributed by atoms with Crippen LogP contribution in [0.5, 0.6) is 0 Å². The number of nitrogens with one attached hydrogen (secondary N) is 4. The van der Waals surface area contributed by atoms with Crippen molar-refractivity contribution in [1.82, 2.24) is 20.6 Å². The van der Waals surface area contributed by atoms with Gasteiger partial charge >= 0.3 is 0 Å². The normalized spacial score (nSPS) is 12.9. The molecule has 252 valence electrons. The van der Waals surface area contributed by atoms with E-state index in [0.29, 0.717) is 13.1 Å². The second-order valence-corrected chi connectivity index (χ2v) is 13.4. The fourth-order valence-corrected chi connectivity index (χ4v) is 6.44. The average molecular weight is 655 g/mol. The minimum Gasteiger partial charge on any atom is -0.372 e. The zero-order chi connectivity index (χ0) is 34.3. The topological polar surface area (TPSA) is 108 Å². The van der Waals surface area contributed by atoms with Gasteiger partial charge in [-0.15, -0.1) is 0 Å². The number of amides is 2. The third kappa shape index (κ3) is 7.59. The van der Waals surface area contributed by atoms with Gasteiger partial charge in [-0.1, -0.05) is 100 Å². The van der Waals surface area contributed by atoms with Gasteiger partial charge in [-0.25, -0.2) is 9.97 Å². The molecule has 49 heavy (non-hydrogen) atoms. The zero-order valence-electron chi connectivity index (χ0n) is 28.8. The Morgan fingerprint density at radius 1 is 0.490 bits per heavy atom. The summed E-state index contributed by atoms with van der Waals surface area (Å²) in [6, 6.07) is 31.4. The molecular weight excluding hydrogens is 608 g/mol. The van der Waals surface area contributed by atoms with E-state index in [2.05, 4.69) is 49.0 Å². The summed E-state index contributed by atoms with van der Waals surface area (Å²) in [5.41, 5.74) is 5.46. The van der Waals surface area contributed by atoms with E-state index in [0.717, 1.165) is 74.2 Å². The van der Waals surface area contributed by atoms with Crippen LogP contribution in [0, 0.1) is 11.8 Å². The first kappa shape index (κ1) is 33.7. The Kier molecular flexibility index (Phi) is 10.5. The molecule has 0 aliphatic heterocycles. The van der Waals surface area contributed by atoms with E-state index in [9.17, 15) is 9.59 Å². The molecule has 0 aliphatic carbocycles. The number of nitrogens with zero attached hydrogens (tertiary/aromatic N) is 2. The molecule has 0 unspecified atom stereocenters. The Morgan fingerprint density at radius 3 is 1.10 bits per heavy atom. The Balaban J connectivity index is 1.01. The number of rotatable bonds is 14. The van der Waals surface area contributed by atoms with Gasteiger partial charge in [0.1, 0.15) is 12.1 Å². The highest BCUT2D eigenvalue weighted by Gasteiger charge is 2.25. The molecule has 0 bridgehead atoms. The molecule has 2 atom stereocenters. The van der Waals surface area contributed by atoms with Gasteiger partial charge in [0, 0.05) is 34.6 Å². The van der Waals surface area contributed by atoms with Crippen molar-refractivity contribution in [1.29, 1.82) is 0 Å². The minimum absolute atomic E-state index is 0.0183. The minimum atomic E-state index is -0.399. The van der Waals surface area contributed by atoms with Crippen molar-refractivity contribution < 1.29 is 9.59 Å². The summed E-state index contributed by atoms with van der Waals surface area (Å²) in [4.78, 5) is 36.5. The van der Waals surface area contributed by atoms with E-state index >= 15 is 0 Å². The number of aromatic nitrogens is 2. The number of carbonyl (C=O) groups is 2. The smallest absolute Gasteiger partial charge is 0.242 e. The fourth-order valence-electron chi connectivity index (χ4n) is 6.44. The number of anilines is 2. The van der Waals surface area contributed by atoms with E-state index in [4.69, 9.17) is 9.97 Å². The Labute approximate surface area is 288 Å². The van der Waals surface area contributed by atoms with Gasteiger partial charge in [0.25, 0.3) is 0 Å². The predicted octanol–water partition coefficient (Wildman–Crippen LogP) is 8.07. The average Bonchev–Trinajstić information content (AvgIpc) is 3.10. The molecule has 6 aromatic rings. The largest absolute Gasteiger partial charge is 0.372 e. The van der Waals surface area contributed by atoms with Crippen LogP contribution in [0.25, 0.3) is 43.6 Å². The number of benzene rings is 4. The molecule has 2 aromatic heterocycles. The van der Waals surface area contributed by atoms with Crippen molar-refractivity contribution >= 4 is 66.8 Å². The molecule has 0 fully saturated rings. The lowest BCUT2D eigenvalue weighted by atomic mass is 10.0. The number of pyridine rings is 2. The molecule has 2 heterocycles. The molecule has 2 amide bonds. The van der Waals surface area contributed by atoms with Gasteiger partial charge in [0.15, 0.2) is 0 Å². The first-order valence-corrected chi connectivity index (χ1v) is 17.4. The standard InChI is InChI=1S/C41H46N6O2/c1-26(2)36(46-38-28-16-6-10-20-32(28)44-33-21-11-7-17-29(33)38)40(48)42-24-14-5-15-25-43-41(49)37(27(3)4)47-39-30-18-8-12-22-34(30)45-35-23-13-9-19-31(35)39/h6-13,16-23,26-27,36-37H,5,14-15,24-25H2,1-4H3,(H,42,48)(H,43,49)(H,44,46)(H,45,47)/t36-,37-/m0/s1. The van der Waals surface area contributed by atoms with E-state index in [1.54, 1.807) is 0 Å². The number of fused-ring (bicyclic) bond motifs is 4. The van der Waals surface area contributed by atoms with Crippen molar-refractivity contribution in [3.63, 3.8) is 0 Å². The van der Waals surface area contributed by atoms with E-state index < -0.39 is 12.1 Å². The zero-order valence-corrected chi connectivity index (χ0v) is 28.8. The quantitative estimate of drug-likeness (QED) is 0.0699. The highest BCUT2D eigenvalue weighted by molar-refractivity contribution is 6.09. The highest BCUT2D eigenvalue weighted by Crippen LogP contribution is 2.33.